The average molecular weight is 447 g/mol. The van der Waals surface area contributed by atoms with Crippen molar-refractivity contribution in [1.29, 1.82) is 5.26 Å². The highest BCUT2D eigenvalue weighted by atomic mass is 35.5. The largest absolute Gasteiger partial charge is 0.463 e. The van der Waals surface area contributed by atoms with E-state index in [9.17, 15) is 18.4 Å². The SMILES string of the molecule is N#C/C(=C\c1ccc(-c2cc(C(F)(F)F)ccc2Cl)o1)c1nc(-c2ccco2)cs1. The van der Waals surface area contributed by atoms with Crippen molar-refractivity contribution < 1.29 is 22.0 Å². The van der Waals surface area contributed by atoms with Crippen LogP contribution in [0.5, 0.6) is 0 Å². The Hall–Kier alpha value is -3.28. The molecule has 0 amide bonds. The van der Waals surface area contributed by atoms with Crippen molar-refractivity contribution in [1.82, 2.24) is 4.98 Å². The van der Waals surface area contributed by atoms with Crippen molar-refractivity contribution in [2.75, 3.05) is 0 Å². The van der Waals surface area contributed by atoms with Gasteiger partial charge in [0, 0.05) is 17.0 Å². The molecule has 0 aliphatic heterocycles. The first-order valence-corrected chi connectivity index (χ1v) is 9.69. The highest BCUT2D eigenvalue weighted by Gasteiger charge is 2.31. The summed E-state index contributed by atoms with van der Waals surface area (Å²) in [6.07, 6.45) is -1.51. The molecule has 4 aromatic rings. The summed E-state index contributed by atoms with van der Waals surface area (Å²) in [4.78, 5) is 4.38. The van der Waals surface area contributed by atoms with Gasteiger partial charge in [0.15, 0.2) is 5.76 Å². The van der Waals surface area contributed by atoms with Gasteiger partial charge in [0.2, 0.25) is 0 Å². The molecule has 150 valence electrons. The van der Waals surface area contributed by atoms with Crippen LogP contribution in [0.3, 0.4) is 0 Å². The fourth-order valence-corrected chi connectivity index (χ4v) is 3.67. The van der Waals surface area contributed by atoms with Gasteiger partial charge in [-0.05, 0) is 42.5 Å². The molecule has 0 radical (unpaired) electrons. The maximum atomic E-state index is 13.0. The summed E-state index contributed by atoms with van der Waals surface area (Å²) in [5.41, 5.74) is 0.117. The number of rotatable bonds is 4. The molecule has 0 fully saturated rings. The first kappa shape index (κ1) is 20.0. The van der Waals surface area contributed by atoms with Gasteiger partial charge in [0.25, 0.3) is 0 Å². The third-order valence-corrected chi connectivity index (χ3v) is 5.31. The predicted octanol–water partition coefficient (Wildman–Crippen LogP) is 7.40. The van der Waals surface area contributed by atoms with Crippen LogP contribution in [0.1, 0.15) is 16.3 Å². The van der Waals surface area contributed by atoms with Crippen LogP contribution in [0, 0.1) is 11.3 Å². The third kappa shape index (κ3) is 4.03. The Balaban J connectivity index is 1.66. The summed E-state index contributed by atoms with van der Waals surface area (Å²) in [6.45, 7) is 0. The molecule has 9 heteroatoms. The Morgan fingerprint density at radius 2 is 2.00 bits per heavy atom. The Kier molecular flexibility index (Phi) is 5.24. The second-order valence-corrected chi connectivity index (χ2v) is 7.34. The van der Waals surface area contributed by atoms with Gasteiger partial charge in [-0.3, -0.25) is 0 Å². The highest BCUT2D eigenvalue weighted by molar-refractivity contribution is 7.11. The van der Waals surface area contributed by atoms with E-state index >= 15 is 0 Å². The molecule has 0 N–H and O–H groups in total. The molecular formula is C21H10ClF3N2O2S. The lowest BCUT2D eigenvalue weighted by molar-refractivity contribution is -0.137. The molecule has 1 aromatic carbocycles. The molecule has 3 heterocycles. The van der Waals surface area contributed by atoms with E-state index in [-0.39, 0.29) is 27.7 Å². The zero-order valence-electron chi connectivity index (χ0n) is 14.9. The minimum absolute atomic E-state index is 0.110. The number of hydrogen-bond acceptors (Lipinski definition) is 5. The number of alkyl halides is 3. The topological polar surface area (TPSA) is 63.0 Å². The Morgan fingerprint density at radius 1 is 1.17 bits per heavy atom. The number of aromatic nitrogens is 1. The summed E-state index contributed by atoms with van der Waals surface area (Å²) in [7, 11) is 0. The zero-order chi connectivity index (χ0) is 21.3. The first-order valence-electron chi connectivity index (χ1n) is 8.43. The van der Waals surface area contributed by atoms with Gasteiger partial charge in [-0.1, -0.05) is 11.6 Å². The van der Waals surface area contributed by atoms with Crippen molar-refractivity contribution in [3.63, 3.8) is 0 Å². The Labute approximate surface area is 177 Å². The first-order chi connectivity index (χ1) is 14.3. The van der Waals surface area contributed by atoms with E-state index in [2.05, 4.69) is 11.1 Å². The van der Waals surface area contributed by atoms with Crippen LogP contribution in [0.15, 0.2) is 62.9 Å². The predicted molar refractivity (Wildman–Crippen MR) is 107 cm³/mol. The van der Waals surface area contributed by atoms with E-state index in [1.807, 2.05) is 0 Å². The molecule has 3 aromatic heterocycles. The van der Waals surface area contributed by atoms with Crippen LogP contribution < -0.4 is 0 Å². The molecule has 0 saturated heterocycles. The molecule has 30 heavy (non-hydrogen) atoms. The van der Waals surface area contributed by atoms with E-state index in [4.69, 9.17) is 20.4 Å². The van der Waals surface area contributed by atoms with E-state index in [0.717, 1.165) is 12.1 Å². The van der Waals surface area contributed by atoms with Gasteiger partial charge in [0.1, 0.15) is 28.3 Å². The molecule has 4 rings (SSSR count). The van der Waals surface area contributed by atoms with Crippen LogP contribution in [0.4, 0.5) is 13.2 Å². The highest BCUT2D eigenvalue weighted by Crippen LogP contribution is 2.37. The molecule has 0 atom stereocenters. The number of benzene rings is 1. The lowest BCUT2D eigenvalue weighted by atomic mass is 10.1. The summed E-state index contributed by atoms with van der Waals surface area (Å²) in [6, 6.07) is 11.6. The third-order valence-electron chi connectivity index (χ3n) is 4.10. The van der Waals surface area contributed by atoms with Crippen molar-refractivity contribution >= 4 is 34.6 Å². The van der Waals surface area contributed by atoms with Crippen LogP contribution in [0.25, 0.3) is 34.4 Å². The lowest BCUT2D eigenvalue weighted by Crippen LogP contribution is -2.04. The average Bonchev–Trinajstić information content (AvgIpc) is 3.46. The fraction of sp³-hybridized carbons (Fsp3) is 0.0476. The number of nitriles is 1. The van der Waals surface area contributed by atoms with E-state index in [0.29, 0.717) is 16.5 Å². The second kappa shape index (κ2) is 7.86. The van der Waals surface area contributed by atoms with E-state index in [1.165, 1.54) is 35.8 Å². The second-order valence-electron chi connectivity index (χ2n) is 6.08. The maximum absolute atomic E-state index is 13.0. The standard InChI is InChI=1S/C21H10ClF3N2O2S/c22-16-5-3-13(21(23,24)25)9-15(16)18-6-4-14(29-18)8-12(10-26)20-27-17(11-30-20)19-2-1-7-28-19/h1-9,11H/b12-8+. The molecular weight excluding hydrogens is 437 g/mol. The molecule has 0 bridgehead atoms. The summed E-state index contributed by atoms with van der Waals surface area (Å²) in [5.74, 6) is 1.02. The van der Waals surface area contributed by atoms with Crippen LogP contribution in [-0.4, -0.2) is 4.98 Å². The maximum Gasteiger partial charge on any atom is 0.416 e. The normalized spacial score (nSPS) is 12.2. The zero-order valence-corrected chi connectivity index (χ0v) is 16.5. The van der Waals surface area contributed by atoms with Crippen LogP contribution in [0.2, 0.25) is 5.02 Å². The molecule has 0 spiro atoms. The Morgan fingerprint density at radius 3 is 2.70 bits per heavy atom. The summed E-state index contributed by atoms with van der Waals surface area (Å²) >= 11 is 7.32. The summed E-state index contributed by atoms with van der Waals surface area (Å²) < 4.78 is 49.9. The molecule has 0 aliphatic rings. The minimum Gasteiger partial charge on any atom is -0.463 e. The smallest absolute Gasteiger partial charge is 0.416 e. The molecule has 0 aliphatic carbocycles. The Bertz CT molecular complexity index is 1260. The number of nitrogens with zero attached hydrogens (tertiary/aromatic N) is 2. The van der Waals surface area contributed by atoms with Gasteiger partial charge in [-0.2, -0.15) is 18.4 Å². The van der Waals surface area contributed by atoms with Gasteiger partial charge in [-0.15, -0.1) is 11.3 Å². The minimum atomic E-state index is -4.50. The number of allylic oxidation sites excluding steroid dienone is 1. The number of halogens is 4. The van der Waals surface area contributed by atoms with Crippen LogP contribution in [-0.2, 0) is 6.18 Å². The number of furan rings is 2. The molecule has 0 unspecified atom stereocenters. The van der Waals surface area contributed by atoms with Gasteiger partial charge >= 0.3 is 6.18 Å². The quantitative estimate of drug-likeness (QED) is 0.306. The molecule has 0 saturated carbocycles. The van der Waals surface area contributed by atoms with Crippen molar-refractivity contribution in [3.05, 3.63) is 75.5 Å². The van der Waals surface area contributed by atoms with E-state index in [1.54, 1.807) is 23.6 Å². The summed E-state index contributed by atoms with van der Waals surface area (Å²) in [5, 5.41) is 11.8. The monoisotopic (exact) mass is 446 g/mol. The lowest BCUT2D eigenvalue weighted by Gasteiger charge is -2.09. The van der Waals surface area contributed by atoms with Crippen molar-refractivity contribution in [2.45, 2.75) is 6.18 Å². The van der Waals surface area contributed by atoms with E-state index < -0.39 is 11.7 Å². The number of hydrogen-bond donors (Lipinski definition) is 0. The van der Waals surface area contributed by atoms with Gasteiger partial charge < -0.3 is 8.83 Å². The fourth-order valence-electron chi connectivity index (χ4n) is 2.68. The van der Waals surface area contributed by atoms with Crippen LogP contribution >= 0.6 is 22.9 Å². The van der Waals surface area contributed by atoms with Gasteiger partial charge in [-0.25, -0.2) is 4.98 Å². The van der Waals surface area contributed by atoms with Gasteiger partial charge in [0.05, 0.1) is 22.4 Å². The molecule has 4 nitrogen and oxygen atoms in total. The number of thiazole rings is 1. The van der Waals surface area contributed by atoms with Crippen molar-refractivity contribution in [3.8, 4) is 28.8 Å². The van der Waals surface area contributed by atoms with Crippen molar-refractivity contribution in [2.24, 2.45) is 0 Å².